The van der Waals surface area contributed by atoms with Gasteiger partial charge >= 0.3 is 0 Å². The quantitative estimate of drug-likeness (QED) is 0.754. The van der Waals surface area contributed by atoms with Crippen molar-refractivity contribution in [2.24, 2.45) is 5.92 Å². The molecule has 2 aromatic rings. The van der Waals surface area contributed by atoms with Crippen LogP contribution in [0.5, 0.6) is 5.75 Å². The Labute approximate surface area is 189 Å². The number of nitrogens with zero attached hydrogens (tertiary/aromatic N) is 2. The maximum atomic E-state index is 13.2. The maximum absolute atomic E-state index is 13.2. The van der Waals surface area contributed by atoms with Crippen LogP contribution in [0.4, 0.5) is 0 Å². The van der Waals surface area contributed by atoms with Crippen molar-refractivity contribution < 1.29 is 19.1 Å². The zero-order chi connectivity index (χ0) is 23.3. The van der Waals surface area contributed by atoms with Gasteiger partial charge in [-0.25, -0.2) is 0 Å². The Hall–Kier alpha value is -3.35. The minimum atomic E-state index is -0.621. The van der Waals surface area contributed by atoms with Crippen molar-refractivity contribution in [3.8, 4) is 5.75 Å². The summed E-state index contributed by atoms with van der Waals surface area (Å²) in [4.78, 5) is 42.1. The van der Waals surface area contributed by atoms with Gasteiger partial charge in [-0.2, -0.15) is 0 Å². The molecule has 0 radical (unpaired) electrons. The predicted octanol–water partition coefficient (Wildman–Crippen LogP) is 2.74. The molecule has 1 unspecified atom stereocenters. The van der Waals surface area contributed by atoms with Gasteiger partial charge in [0.05, 0.1) is 7.11 Å². The normalized spacial score (nSPS) is 14.8. The highest BCUT2D eigenvalue weighted by atomic mass is 16.5. The van der Waals surface area contributed by atoms with E-state index in [9.17, 15) is 14.4 Å². The fraction of sp³-hybridized carbons (Fsp3) is 0.400. The third-order valence-electron chi connectivity index (χ3n) is 5.73. The van der Waals surface area contributed by atoms with E-state index in [4.69, 9.17) is 4.74 Å². The van der Waals surface area contributed by atoms with E-state index in [1.54, 1.807) is 53.3 Å². The number of methoxy groups -OCH3 is 1. The second kappa shape index (κ2) is 10.3. The Bertz CT molecular complexity index is 963. The molecule has 1 N–H and O–H groups in total. The van der Waals surface area contributed by atoms with Crippen molar-refractivity contribution in [2.45, 2.75) is 26.8 Å². The topological polar surface area (TPSA) is 79.0 Å². The number of hydrogen-bond donors (Lipinski definition) is 1. The number of rotatable bonds is 6. The number of hydrogen-bond acceptors (Lipinski definition) is 4. The maximum Gasteiger partial charge on any atom is 0.254 e. The SMILES string of the molecule is COc1cccc(C(=O)N2CCN(C(=O)C(NC(=O)c3ccc(C)cc3)C(C)C)CC2)c1. The van der Waals surface area contributed by atoms with Gasteiger partial charge in [-0.1, -0.05) is 37.6 Å². The smallest absolute Gasteiger partial charge is 0.254 e. The molecule has 0 saturated carbocycles. The number of piperazine rings is 1. The van der Waals surface area contributed by atoms with Gasteiger partial charge < -0.3 is 19.9 Å². The molecular formula is C25H31N3O4. The Morgan fingerprint density at radius 3 is 2.12 bits per heavy atom. The number of ether oxygens (including phenoxy) is 1. The van der Waals surface area contributed by atoms with Gasteiger partial charge in [-0.3, -0.25) is 14.4 Å². The highest BCUT2D eigenvalue weighted by Crippen LogP contribution is 2.17. The first-order chi connectivity index (χ1) is 15.3. The van der Waals surface area contributed by atoms with Crippen LogP contribution in [0.15, 0.2) is 48.5 Å². The standard InChI is InChI=1S/C25H31N3O4/c1-17(2)22(26-23(29)19-10-8-18(3)9-11-19)25(31)28-14-12-27(13-15-28)24(30)20-6-5-7-21(16-20)32-4/h5-11,16-17,22H,12-15H2,1-4H3,(H,26,29). The molecule has 7 nitrogen and oxygen atoms in total. The van der Waals surface area contributed by atoms with E-state index >= 15 is 0 Å². The zero-order valence-corrected chi connectivity index (χ0v) is 19.1. The Kier molecular flexibility index (Phi) is 7.51. The molecule has 2 aromatic carbocycles. The molecule has 1 aliphatic heterocycles. The van der Waals surface area contributed by atoms with Gasteiger partial charge in [0.1, 0.15) is 11.8 Å². The molecule has 1 saturated heterocycles. The average Bonchev–Trinajstić information content (AvgIpc) is 2.81. The molecule has 32 heavy (non-hydrogen) atoms. The highest BCUT2D eigenvalue weighted by Gasteiger charge is 2.32. The van der Waals surface area contributed by atoms with Gasteiger partial charge in [-0.05, 0) is 43.2 Å². The first-order valence-electron chi connectivity index (χ1n) is 10.9. The molecule has 0 aliphatic carbocycles. The van der Waals surface area contributed by atoms with Gasteiger partial charge in [0, 0.05) is 37.3 Å². The number of nitrogens with one attached hydrogen (secondary N) is 1. The summed E-state index contributed by atoms with van der Waals surface area (Å²) in [5.74, 6) is 0.115. The molecule has 1 fully saturated rings. The molecule has 0 spiro atoms. The van der Waals surface area contributed by atoms with Gasteiger partial charge in [0.25, 0.3) is 11.8 Å². The third-order valence-corrected chi connectivity index (χ3v) is 5.73. The van der Waals surface area contributed by atoms with Gasteiger partial charge in [0.2, 0.25) is 5.91 Å². The van der Waals surface area contributed by atoms with E-state index in [2.05, 4.69) is 5.32 Å². The molecule has 3 amide bonds. The molecule has 1 heterocycles. The average molecular weight is 438 g/mol. The van der Waals surface area contributed by atoms with Crippen LogP contribution in [0, 0.1) is 12.8 Å². The lowest BCUT2D eigenvalue weighted by atomic mass is 10.0. The van der Waals surface area contributed by atoms with Crippen LogP contribution in [-0.2, 0) is 4.79 Å². The molecular weight excluding hydrogens is 406 g/mol. The van der Waals surface area contributed by atoms with Crippen LogP contribution in [0.2, 0.25) is 0 Å². The number of benzene rings is 2. The van der Waals surface area contributed by atoms with Crippen LogP contribution in [0.3, 0.4) is 0 Å². The molecule has 3 rings (SSSR count). The van der Waals surface area contributed by atoms with Crippen molar-refractivity contribution in [3.63, 3.8) is 0 Å². The van der Waals surface area contributed by atoms with E-state index < -0.39 is 6.04 Å². The minimum Gasteiger partial charge on any atom is -0.497 e. The van der Waals surface area contributed by atoms with Crippen molar-refractivity contribution in [1.29, 1.82) is 0 Å². The lowest BCUT2D eigenvalue weighted by molar-refractivity contribution is -0.135. The molecule has 1 aliphatic rings. The first-order valence-corrected chi connectivity index (χ1v) is 10.9. The number of amides is 3. The Morgan fingerprint density at radius 2 is 1.53 bits per heavy atom. The zero-order valence-electron chi connectivity index (χ0n) is 19.1. The second-order valence-electron chi connectivity index (χ2n) is 8.41. The van der Waals surface area contributed by atoms with Crippen molar-refractivity contribution in [1.82, 2.24) is 15.1 Å². The lowest BCUT2D eigenvalue weighted by Crippen LogP contribution is -2.57. The molecule has 1 atom stereocenters. The molecule has 0 aromatic heterocycles. The summed E-state index contributed by atoms with van der Waals surface area (Å²) in [6.45, 7) is 7.54. The lowest BCUT2D eigenvalue weighted by Gasteiger charge is -2.37. The summed E-state index contributed by atoms with van der Waals surface area (Å²) in [6, 6.07) is 13.7. The number of carbonyl (C=O) groups is 3. The van der Waals surface area contributed by atoms with Crippen molar-refractivity contribution in [3.05, 3.63) is 65.2 Å². The first kappa shape index (κ1) is 23.3. The fourth-order valence-corrected chi connectivity index (χ4v) is 3.71. The van der Waals surface area contributed by atoms with E-state index in [0.29, 0.717) is 43.1 Å². The summed E-state index contributed by atoms with van der Waals surface area (Å²) in [7, 11) is 1.57. The summed E-state index contributed by atoms with van der Waals surface area (Å²) in [6.07, 6.45) is 0. The summed E-state index contributed by atoms with van der Waals surface area (Å²) < 4.78 is 5.20. The van der Waals surface area contributed by atoms with E-state index in [-0.39, 0.29) is 23.6 Å². The van der Waals surface area contributed by atoms with Crippen LogP contribution in [0.25, 0.3) is 0 Å². The summed E-state index contributed by atoms with van der Waals surface area (Å²) in [5.41, 5.74) is 2.16. The van der Waals surface area contributed by atoms with Crippen LogP contribution < -0.4 is 10.1 Å². The number of aryl methyl sites for hydroxylation is 1. The summed E-state index contributed by atoms with van der Waals surface area (Å²) >= 11 is 0. The van der Waals surface area contributed by atoms with Crippen molar-refractivity contribution in [2.75, 3.05) is 33.3 Å². The van der Waals surface area contributed by atoms with E-state index in [1.165, 1.54) is 0 Å². The second-order valence-corrected chi connectivity index (χ2v) is 8.41. The highest BCUT2D eigenvalue weighted by molar-refractivity contribution is 5.98. The van der Waals surface area contributed by atoms with Crippen LogP contribution in [0.1, 0.15) is 40.1 Å². The Morgan fingerprint density at radius 1 is 0.906 bits per heavy atom. The monoisotopic (exact) mass is 437 g/mol. The van der Waals surface area contributed by atoms with Crippen LogP contribution in [-0.4, -0.2) is 66.9 Å². The van der Waals surface area contributed by atoms with Crippen LogP contribution >= 0.6 is 0 Å². The van der Waals surface area contributed by atoms with Gasteiger partial charge in [0.15, 0.2) is 0 Å². The molecule has 170 valence electrons. The third kappa shape index (κ3) is 5.46. The fourth-order valence-electron chi connectivity index (χ4n) is 3.71. The Balaban J connectivity index is 1.61. The minimum absolute atomic E-state index is 0.0617. The predicted molar refractivity (Wildman–Crippen MR) is 123 cm³/mol. The molecule has 0 bridgehead atoms. The van der Waals surface area contributed by atoms with E-state index in [0.717, 1.165) is 5.56 Å². The molecule has 7 heteroatoms. The summed E-state index contributed by atoms with van der Waals surface area (Å²) in [5, 5.41) is 2.90. The van der Waals surface area contributed by atoms with E-state index in [1.807, 2.05) is 32.9 Å². The van der Waals surface area contributed by atoms with Gasteiger partial charge in [-0.15, -0.1) is 0 Å². The largest absolute Gasteiger partial charge is 0.497 e. The van der Waals surface area contributed by atoms with Crippen molar-refractivity contribution >= 4 is 17.7 Å². The number of carbonyl (C=O) groups excluding carboxylic acids is 3.